The highest BCUT2D eigenvalue weighted by atomic mass is 16.2. The quantitative estimate of drug-likeness (QED) is 0.694. The number of rotatable bonds is 2. The maximum absolute atomic E-state index is 7.88. The van der Waals surface area contributed by atoms with Crippen LogP contribution in [0.2, 0.25) is 0 Å². The average molecular weight is 215 g/mol. The predicted molar refractivity (Wildman–Crippen MR) is 67.0 cm³/mol. The van der Waals surface area contributed by atoms with Gasteiger partial charge in [0.05, 0.1) is 0 Å². The molecule has 0 aromatic rings. The van der Waals surface area contributed by atoms with Crippen LogP contribution >= 0.6 is 0 Å². The Balaban J connectivity index is 0.000000423. The molecule has 92 valence electrons. The van der Waals surface area contributed by atoms with E-state index in [-0.39, 0.29) is 0 Å². The van der Waals surface area contributed by atoms with Crippen LogP contribution in [-0.2, 0) is 0 Å². The van der Waals surface area contributed by atoms with E-state index in [1.807, 2.05) is 6.92 Å². The lowest BCUT2D eigenvalue weighted by atomic mass is 9.90. The van der Waals surface area contributed by atoms with E-state index in [4.69, 9.17) is 5.11 Å². The Morgan fingerprint density at radius 2 is 1.53 bits per heavy atom. The molecule has 2 heteroatoms. The molecule has 2 N–H and O–H groups in total. The van der Waals surface area contributed by atoms with Crippen molar-refractivity contribution in [1.29, 1.82) is 0 Å². The standard InChI is InChI=1S/C10H21N.C3H8O/c1-8-6-4-5-7-9(2)10(8)11-3;1-2-3-4/h8-11H,4-7H2,1-3H3;4H,2-3H2,1H3. The highest BCUT2D eigenvalue weighted by Gasteiger charge is 2.23. The summed E-state index contributed by atoms with van der Waals surface area (Å²) in [6.45, 7) is 7.01. The molecule has 2 atom stereocenters. The molecule has 0 amide bonds. The number of hydrogen-bond acceptors (Lipinski definition) is 2. The van der Waals surface area contributed by atoms with Gasteiger partial charge in [-0.1, -0.05) is 33.6 Å². The van der Waals surface area contributed by atoms with E-state index in [0.29, 0.717) is 6.61 Å². The summed E-state index contributed by atoms with van der Waals surface area (Å²) in [5, 5.41) is 11.3. The summed E-state index contributed by atoms with van der Waals surface area (Å²) in [7, 11) is 2.10. The van der Waals surface area contributed by atoms with Crippen molar-refractivity contribution in [3.05, 3.63) is 0 Å². The van der Waals surface area contributed by atoms with Crippen LogP contribution in [0, 0.1) is 11.8 Å². The zero-order chi connectivity index (χ0) is 11.7. The Morgan fingerprint density at radius 1 is 1.13 bits per heavy atom. The molecule has 0 spiro atoms. The van der Waals surface area contributed by atoms with Crippen molar-refractivity contribution in [2.45, 2.75) is 58.9 Å². The number of nitrogens with one attached hydrogen (secondary N) is 1. The van der Waals surface area contributed by atoms with Crippen molar-refractivity contribution in [2.24, 2.45) is 11.8 Å². The zero-order valence-corrected chi connectivity index (χ0v) is 10.9. The van der Waals surface area contributed by atoms with Crippen LogP contribution in [0.4, 0.5) is 0 Å². The molecular formula is C13H29NO. The first-order valence-corrected chi connectivity index (χ1v) is 6.45. The van der Waals surface area contributed by atoms with Crippen molar-refractivity contribution in [3.63, 3.8) is 0 Å². The Morgan fingerprint density at radius 3 is 1.80 bits per heavy atom. The Hall–Kier alpha value is -0.0800. The monoisotopic (exact) mass is 215 g/mol. The Kier molecular flexibility index (Phi) is 9.12. The predicted octanol–water partition coefficient (Wildman–Crippen LogP) is 2.81. The molecule has 1 rings (SSSR count). The molecule has 15 heavy (non-hydrogen) atoms. The van der Waals surface area contributed by atoms with Crippen molar-refractivity contribution in [2.75, 3.05) is 13.7 Å². The third-order valence-electron chi connectivity index (χ3n) is 3.35. The van der Waals surface area contributed by atoms with Gasteiger partial charge in [0, 0.05) is 12.6 Å². The first-order chi connectivity index (χ1) is 7.17. The van der Waals surface area contributed by atoms with E-state index in [1.165, 1.54) is 25.7 Å². The van der Waals surface area contributed by atoms with E-state index in [1.54, 1.807) is 0 Å². The minimum absolute atomic E-state index is 0.319. The molecule has 0 radical (unpaired) electrons. The van der Waals surface area contributed by atoms with Gasteiger partial charge < -0.3 is 10.4 Å². The lowest BCUT2D eigenvalue weighted by molar-refractivity contribution is 0.295. The van der Waals surface area contributed by atoms with E-state index in [9.17, 15) is 0 Å². The Bertz CT molecular complexity index is 124. The molecule has 0 saturated heterocycles. The molecule has 1 aliphatic carbocycles. The van der Waals surface area contributed by atoms with E-state index in [2.05, 4.69) is 26.2 Å². The minimum atomic E-state index is 0.319. The van der Waals surface area contributed by atoms with Gasteiger partial charge in [-0.25, -0.2) is 0 Å². The molecule has 2 unspecified atom stereocenters. The summed E-state index contributed by atoms with van der Waals surface area (Å²) in [5.41, 5.74) is 0. The topological polar surface area (TPSA) is 32.3 Å². The van der Waals surface area contributed by atoms with Crippen molar-refractivity contribution >= 4 is 0 Å². The molecule has 0 aromatic heterocycles. The van der Waals surface area contributed by atoms with Crippen LogP contribution < -0.4 is 5.32 Å². The van der Waals surface area contributed by atoms with E-state index >= 15 is 0 Å². The molecular weight excluding hydrogens is 186 g/mol. The van der Waals surface area contributed by atoms with Crippen molar-refractivity contribution < 1.29 is 5.11 Å². The Labute approximate surface area is 95.5 Å². The maximum atomic E-state index is 7.88. The third-order valence-corrected chi connectivity index (χ3v) is 3.35. The van der Waals surface area contributed by atoms with Gasteiger partial charge in [-0.15, -0.1) is 0 Å². The van der Waals surface area contributed by atoms with Gasteiger partial charge in [-0.3, -0.25) is 0 Å². The van der Waals surface area contributed by atoms with Crippen molar-refractivity contribution in [1.82, 2.24) is 5.32 Å². The summed E-state index contributed by atoms with van der Waals surface area (Å²) >= 11 is 0. The summed E-state index contributed by atoms with van der Waals surface area (Å²) < 4.78 is 0. The summed E-state index contributed by atoms with van der Waals surface area (Å²) in [4.78, 5) is 0. The lowest BCUT2D eigenvalue weighted by Crippen LogP contribution is -2.36. The highest BCUT2D eigenvalue weighted by Crippen LogP contribution is 2.27. The van der Waals surface area contributed by atoms with Crippen LogP contribution in [0.1, 0.15) is 52.9 Å². The van der Waals surface area contributed by atoms with Crippen LogP contribution in [0.15, 0.2) is 0 Å². The highest BCUT2D eigenvalue weighted by molar-refractivity contribution is 4.80. The molecule has 0 aromatic carbocycles. The van der Waals surface area contributed by atoms with Crippen LogP contribution in [0.3, 0.4) is 0 Å². The molecule has 0 bridgehead atoms. The van der Waals surface area contributed by atoms with Gasteiger partial charge in [-0.2, -0.15) is 0 Å². The third kappa shape index (κ3) is 6.16. The summed E-state index contributed by atoms with van der Waals surface area (Å²) in [6.07, 6.45) is 6.57. The molecule has 1 aliphatic rings. The van der Waals surface area contributed by atoms with Crippen LogP contribution in [0.5, 0.6) is 0 Å². The van der Waals surface area contributed by atoms with E-state index < -0.39 is 0 Å². The fourth-order valence-corrected chi connectivity index (χ4v) is 2.42. The smallest absolute Gasteiger partial charge is 0.0428 e. The molecule has 2 nitrogen and oxygen atoms in total. The van der Waals surface area contributed by atoms with Gasteiger partial charge in [0.15, 0.2) is 0 Å². The SMILES string of the molecule is CCCO.CNC1C(C)CCCCC1C. The fraction of sp³-hybridized carbons (Fsp3) is 1.00. The average Bonchev–Trinajstić information content (AvgIpc) is 2.40. The number of aliphatic hydroxyl groups is 1. The van der Waals surface area contributed by atoms with Gasteiger partial charge in [-0.05, 0) is 38.1 Å². The van der Waals surface area contributed by atoms with Gasteiger partial charge in [0.2, 0.25) is 0 Å². The molecule has 1 saturated carbocycles. The molecule has 1 fully saturated rings. The first kappa shape index (κ1) is 14.9. The summed E-state index contributed by atoms with van der Waals surface area (Å²) in [6, 6.07) is 0.762. The summed E-state index contributed by atoms with van der Waals surface area (Å²) in [5.74, 6) is 1.75. The fourth-order valence-electron chi connectivity index (χ4n) is 2.42. The first-order valence-electron chi connectivity index (χ1n) is 6.45. The van der Waals surface area contributed by atoms with E-state index in [0.717, 1.165) is 24.3 Å². The van der Waals surface area contributed by atoms with Gasteiger partial charge >= 0.3 is 0 Å². The molecule has 0 aliphatic heterocycles. The molecule has 0 heterocycles. The second-order valence-corrected chi connectivity index (χ2v) is 4.78. The van der Waals surface area contributed by atoms with Crippen molar-refractivity contribution in [3.8, 4) is 0 Å². The normalized spacial score (nSPS) is 31.4. The van der Waals surface area contributed by atoms with Gasteiger partial charge in [0.25, 0.3) is 0 Å². The largest absolute Gasteiger partial charge is 0.396 e. The van der Waals surface area contributed by atoms with Crippen LogP contribution in [0.25, 0.3) is 0 Å². The second kappa shape index (κ2) is 9.17. The zero-order valence-electron chi connectivity index (χ0n) is 10.9. The number of aliphatic hydroxyl groups excluding tert-OH is 1. The lowest BCUT2D eigenvalue weighted by Gasteiger charge is -2.26. The minimum Gasteiger partial charge on any atom is -0.396 e. The van der Waals surface area contributed by atoms with Gasteiger partial charge in [0.1, 0.15) is 0 Å². The second-order valence-electron chi connectivity index (χ2n) is 4.78. The maximum Gasteiger partial charge on any atom is 0.0428 e. The number of hydrogen-bond donors (Lipinski definition) is 2. The van der Waals surface area contributed by atoms with Crippen LogP contribution in [-0.4, -0.2) is 24.8 Å².